The molecule has 0 aromatic heterocycles. The number of hydrogen-bond acceptors (Lipinski definition) is 3. The van der Waals surface area contributed by atoms with Crippen LogP contribution >= 0.6 is 12.2 Å². The number of ketones is 1. The standard InChI is InChI=1S/C17H23NO2S/c1-4-18(5-2)17(21)20-13-12-16(19)11-10-15-8-6-14(3)7-9-15/h6-11H,4-5,12-13H2,1-3H3. The van der Waals surface area contributed by atoms with Crippen molar-refractivity contribution in [3.05, 3.63) is 41.5 Å². The Morgan fingerprint density at radius 2 is 1.86 bits per heavy atom. The van der Waals surface area contributed by atoms with E-state index in [1.54, 1.807) is 6.08 Å². The van der Waals surface area contributed by atoms with Gasteiger partial charge >= 0.3 is 0 Å². The van der Waals surface area contributed by atoms with Crippen molar-refractivity contribution >= 4 is 29.3 Å². The zero-order chi connectivity index (χ0) is 15.7. The first kappa shape index (κ1) is 17.4. The van der Waals surface area contributed by atoms with Crippen LogP contribution in [-0.4, -0.2) is 35.6 Å². The molecule has 0 N–H and O–H groups in total. The highest BCUT2D eigenvalue weighted by Gasteiger charge is 2.06. The number of hydrogen-bond donors (Lipinski definition) is 0. The lowest BCUT2D eigenvalue weighted by Gasteiger charge is -2.20. The van der Waals surface area contributed by atoms with Crippen molar-refractivity contribution in [2.24, 2.45) is 0 Å². The van der Waals surface area contributed by atoms with Gasteiger partial charge in [-0.1, -0.05) is 35.9 Å². The normalized spacial score (nSPS) is 10.6. The molecular formula is C17H23NO2S. The molecular weight excluding hydrogens is 282 g/mol. The van der Waals surface area contributed by atoms with E-state index in [0.717, 1.165) is 18.7 Å². The largest absolute Gasteiger partial charge is 0.470 e. The van der Waals surface area contributed by atoms with Crippen molar-refractivity contribution in [3.63, 3.8) is 0 Å². The minimum atomic E-state index is 0.0397. The quantitative estimate of drug-likeness (QED) is 0.568. The number of thiocarbonyl (C=S) groups is 1. The maximum absolute atomic E-state index is 11.8. The number of ether oxygens (including phenoxy) is 1. The highest BCUT2D eigenvalue weighted by atomic mass is 32.1. The van der Waals surface area contributed by atoms with E-state index < -0.39 is 0 Å². The zero-order valence-electron chi connectivity index (χ0n) is 13.0. The Kier molecular flexibility index (Phi) is 7.69. The summed E-state index contributed by atoms with van der Waals surface area (Å²) < 4.78 is 5.43. The summed E-state index contributed by atoms with van der Waals surface area (Å²) in [6.45, 7) is 8.04. The van der Waals surface area contributed by atoms with Crippen molar-refractivity contribution < 1.29 is 9.53 Å². The van der Waals surface area contributed by atoms with Gasteiger partial charge in [-0.25, -0.2) is 0 Å². The number of carbonyl (C=O) groups excluding carboxylic acids is 1. The summed E-state index contributed by atoms with van der Waals surface area (Å²) in [6, 6.07) is 8.03. The van der Waals surface area contributed by atoms with E-state index in [-0.39, 0.29) is 5.78 Å². The van der Waals surface area contributed by atoms with Gasteiger partial charge in [0.25, 0.3) is 5.17 Å². The van der Waals surface area contributed by atoms with Crippen molar-refractivity contribution in [1.82, 2.24) is 4.90 Å². The second kappa shape index (κ2) is 9.29. The van der Waals surface area contributed by atoms with E-state index in [1.807, 2.05) is 56.0 Å². The Bertz CT molecular complexity index is 490. The van der Waals surface area contributed by atoms with Crippen molar-refractivity contribution in [2.75, 3.05) is 19.7 Å². The molecule has 3 nitrogen and oxygen atoms in total. The molecule has 0 atom stereocenters. The van der Waals surface area contributed by atoms with Crippen LogP contribution in [0.1, 0.15) is 31.4 Å². The molecule has 21 heavy (non-hydrogen) atoms. The molecule has 1 aromatic carbocycles. The zero-order valence-corrected chi connectivity index (χ0v) is 13.8. The molecule has 0 spiro atoms. The lowest BCUT2D eigenvalue weighted by atomic mass is 10.1. The number of aryl methyl sites for hydroxylation is 1. The van der Waals surface area contributed by atoms with E-state index >= 15 is 0 Å². The molecule has 1 rings (SSSR count). The summed E-state index contributed by atoms with van der Waals surface area (Å²) in [4.78, 5) is 13.7. The average molecular weight is 305 g/mol. The Labute approximate surface area is 132 Å². The topological polar surface area (TPSA) is 29.5 Å². The van der Waals surface area contributed by atoms with E-state index in [9.17, 15) is 4.79 Å². The molecule has 4 heteroatoms. The predicted molar refractivity (Wildman–Crippen MR) is 91.3 cm³/mol. The number of allylic oxidation sites excluding steroid dienone is 1. The summed E-state index contributed by atoms with van der Waals surface area (Å²) in [7, 11) is 0. The molecule has 0 fully saturated rings. The van der Waals surface area contributed by atoms with E-state index in [4.69, 9.17) is 17.0 Å². The summed E-state index contributed by atoms with van der Waals surface area (Å²) >= 11 is 5.15. The van der Waals surface area contributed by atoms with Gasteiger partial charge in [0, 0.05) is 19.5 Å². The Hall–Kier alpha value is -1.68. The third-order valence-electron chi connectivity index (χ3n) is 3.13. The summed E-state index contributed by atoms with van der Waals surface area (Å²) in [5.41, 5.74) is 2.23. The van der Waals surface area contributed by atoms with Crippen LogP contribution in [0.3, 0.4) is 0 Å². The molecule has 0 heterocycles. The fraction of sp³-hybridized carbons (Fsp3) is 0.412. The summed E-state index contributed by atoms with van der Waals surface area (Å²) in [5, 5.41) is 0.468. The average Bonchev–Trinajstić information content (AvgIpc) is 2.48. The van der Waals surface area contributed by atoms with Crippen LogP contribution in [0.4, 0.5) is 0 Å². The minimum absolute atomic E-state index is 0.0397. The Balaban J connectivity index is 2.34. The highest BCUT2D eigenvalue weighted by molar-refractivity contribution is 7.80. The number of benzene rings is 1. The monoisotopic (exact) mass is 305 g/mol. The van der Waals surface area contributed by atoms with Gasteiger partial charge in [-0.2, -0.15) is 0 Å². The Morgan fingerprint density at radius 3 is 2.43 bits per heavy atom. The third kappa shape index (κ3) is 6.54. The van der Waals surface area contributed by atoms with Gasteiger partial charge in [0.05, 0.1) is 6.61 Å². The van der Waals surface area contributed by atoms with Gasteiger partial charge in [0.15, 0.2) is 5.78 Å². The van der Waals surface area contributed by atoms with Gasteiger partial charge < -0.3 is 9.64 Å². The second-order valence-electron chi connectivity index (χ2n) is 4.75. The number of carbonyl (C=O) groups is 1. The first-order valence-corrected chi connectivity index (χ1v) is 7.67. The molecule has 1 aromatic rings. The Morgan fingerprint density at radius 1 is 1.24 bits per heavy atom. The molecule has 0 aliphatic heterocycles. The van der Waals surface area contributed by atoms with Gasteiger partial charge in [-0.3, -0.25) is 4.79 Å². The molecule has 0 aliphatic carbocycles. The first-order valence-electron chi connectivity index (χ1n) is 7.26. The molecule has 0 aliphatic rings. The van der Waals surface area contributed by atoms with Crippen LogP contribution in [0.5, 0.6) is 0 Å². The fourth-order valence-electron chi connectivity index (χ4n) is 1.76. The van der Waals surface area contributed by atoms with E-state index in [2.05, 4.69) is 0 Å². The van der Waals surface area contributed by atoms with E-state index in [0.29, 0.717) is 18.2 Å². The summed E-state index contributed by atoms with van der Waals surface area (Å²) in [6.07, 6.45) is 3.75. The van der Waals surface area contributed by atoms with Crippen LogP contribution in [0.2, 0.25) is 0 Å². The van der Waals surface area contributed by atoms with Crippen LogP contribution in [0.15, 0.2) is 30.3 Å². The molecule has 0 amide bonds. The van der Waals surface area contributed by atoms with Crippen molar-refractivity contribution in [3.8, 4) is 0 Å². The van der Waals surface area contributed by atoms with Crippen LogP contribution in [-0.2, 0) is 9.53 Å². The lowest BCUT2D eigenvalue weighted by molar-refractivity contribution is -0.115. The van der Waals surface area contributed by atoms with Gasteiger partial charge in [-0.05, 0) is 44.6 Å². The fourth-order valence-corrected chi connectivity index (χ4v) is 2.10. The SMILES string of the molecule is CCN(CC)C(=S)OCCC(=O)C=Cc1ccc(C)cc1. The van der Waals surface area contributed by atoms with Gasteiger partial charge in [-0.15, -0.1) is 0 Å². The molecule has 0 saturated heterocycles. The van der Waals surface area contributed by atoms with Crippen molar-refractivity contribution in [1.29, 1.82) is 0 Å². The minimum Gasteiger partial charge on any atom is -0.470 e. The van der Waals surface area contributed by atoms with Gasteiger partial charge in [0.1, 0.15) is 0 Å². The molecule has 0 radical (unpaired) electrons. The summed E-state index contributed by atoms with van der Waals surface area (Å²) in [5.74, 6) is 0.0397. The van der Waals surface area contributed by atoms with Crippen LogP contribution in [0.25, 0.3) is 6.08 Å². The maximum atomic E-state index is 11.8. The number of rotatable bonds is 7. The van der Waals surface area contributed by atoms with Crippen LogP contribution in [0, 0.1) is 6.92 Å². The smallest absolute Gasteiger partial charge is 0.259 e. The molecule has 114 valence electrons. The number of nitrogens with zero attached hydrogens (tertiary/aromatic N) is 1. The maximum Gasteiger partial charge on any atom is 0.259 e. The van der Waals surface area contributed by atoms with Crippen molar-refractivity contribution in [2.45, 2.75) is 27.2 Å². The van der Waals surface area contributed by atoms with Crippen LogP contribution < -0.4 is 0 Å². The van der Waals surface area contributed by atoms with E-state index in [1.165, 1.54) is 5.56 Å². The molecule has 0 bridgehead atoms. The van der Waals surface area contributed by atoms with Gasteiger partial charge in [0.2, 0.25) is 0 Å². The molecule has 0 saturated carbocycles. The first-order chi connectivity index (χ1) is 10.1. The highest BCUT2D eigenvalue weighted by Crippen LogP contribution is 2.05. The third-order valence-corrected chi connectivity index (χ3v) is 3.51. The second-order valence-corrected chi connectivity index (χ2v) is 5.10. The molecule has 0 unspecified atom stereocenters. The lowest BCUT2D eigenvalue weighted by Crippen LogP contribution is -2.31. The predicted octanol–water partition coefficient (Wildman–Crippen LogP) is 3.61.